The first-order valence-corrected chi connectivity index (χ1v) is 10.0. The summed E-state index contributed by atoms with van der Waals surface area (Å²) in [6.45, 7) is 0.498. The fourth-order valence-corrected chi connectivity index (χ4v) is 3.43. The molecule has 0 fully saturated rings. The van der Waals surface area contributed by atoms with Crippen LogP contribution in [0.1, 0.15) is 18.0 Å². The highest BCUT2D eigenvalue weighted by Crippen LogP contribution is 2.28. The van der Waals surface area contributed by atoms with E-state index in [-0.39, 0.29) is 18.6 Å². The number of methoxy groups -OCH3 is 1. The molecule has 0 aromatic heterocycles. The summed E-state index contributed by atoms with van der Waals surface area (Å²) in [6, 6.07) is 25.2. The highest BCUT2D eigenvalue weighted by atomic mass is 16.5. The van der Waals surface area contributed by atoms with Gasteiger partial charge in [-0.3, -0.25) is 9.69 Å². The van der Waals surface area contributed by atoms with Crippen LogP contribution in [-0.2, 0) is 4.79 Å². The summed E-state index contributed by atoms with van der Waals surface area (Å²) in [7, 11) is 3.54. The van der Waals surface area contributed by atoms with Crippen LogP contribution >= 0.6 is 0 Å². The molecule has 1 amide bonds. The monoisotopic (exact) mass is 404 g/mol. The number of aliphatic hydroxyl groups excluding tert-OH is 1. The fraction of sp³-hybridized carbons (Fsp3) is 0.240. The maximum absolute atomic E-state index is 12.6. The third kappa shape index (κ3) is 5.47. The van der Waals surface area contributed by atoms with Crippen LogP contribution in [0.25, 0.3) is 11.1 Å². The Morgan fingerprint density at radius 1 is 1.00 bits per heavy atom. The van der Waals surface area contributed by atoms with Gasteiger partial charge in [0, 0.05) is 24.2 Å². The van der Waals surface area contributed by atoms with Gasteiger partial charge in [-0.05, 0) is 36.4 Å². The highest BCUT2D eigenvalue weighted by Gasteiger charge is 2.17. The summed E-state index contributed by atoms with van der Waals surface area (Å²) >= 11 is 0. The molecular weight excluding hydrogens is 376 g/mol. The Hall–Kier alpha value is -3.15. The molecule has 2 N–H and O–H groups in total. The van der Waals surface area contributed by atoms with Crippen molar-refractivity contribution in [2.75, 3.05) is 32.6 Å². The molecule has 30 heavy (non-hydrogen) atoms. The van der Waals surface area contributed by atoms with E-state index in [0.29, 0.717) is 13.0 Å². The molecule has 3 rings (SSSR count). The highest BCUT2D eigenvalue weighted by molar-refractivity contribution is 5.95. The quantitative estimate of drug-likeness (QED) is 0.556. The SMILES string of the molecule is COc1ccc(C(CO)N(C)CCC(=O)Nc2ccccc2-c2ccccc2)cc1. The van der Waals surface area contributed by atoms with E-state index in [2.05, 4.69) is 5.32 Å². The lowest BCUT2D eigenvalue weighted by Gasteiger charge is -2.26. The van der Waals surface area contributed by atoms with Gasteiger partial charge in [0.1, 0.15) is 5.75 Å². The molecule has 0 bridgehead atoms. The molecule has 1 unspecified atom stereocenters. The molecule has 0 aliphatic carbocycles. The summed E-state index contributed by atoms with van der Waals surface area (Å²) in [5.74, 6) is 0.714. The molecule has 1 atom stereocenters. The number of likely N-dealkylation sites (N-methyl/N-ethyl adjacent to an activating group) is 1. The average molecular weight is 405 g/mol. The number of benzene rings is 3. The second kappa shape index (κ2) is 10.6. The van der Waals surface area contributed by atoms with Crippen molar-refractivity contribution in [3.63, 3.8) is 0 Å². The lowest BCUT2D eigenvalue weighted by atomic mass is 10.0. The van der Waals surface area contributed by atoms with Crippen LogP contribution in [-0.4, -0.2) is 43.2 Å². The number of carbonyl (C=O) groups excluding carboxylic acids is 1. The zero-order valence-electron chi connectivity index (χ0n) is 17.4. The van der Waals surface area contributed by atoms with Crippen LogP contribution in [0.5, 0.6) is 5.75 Å². The Morgan fingerprint density at radius 3 is 2.33 bits per heavy atom. The second-order valence-corrected chi connectivity index (χ2v) is 7.16. The van der Waals surface area contributed by atoms with E-state index in [1.165, 1.54) is 0 Å². The lowest BCUT2D eigenvalue weighted by Crippen LogP contribution is -2.30. The predicted octanol–water partition coefficient (Wildman–Crippen LogP) is 4.36. The van der Waals surface area contributed by atoms with Gasteiger partial charge in [0.15, 0.2) is 0 Å². The van der Waals surface area contributed by atoms with Gasteiger partial charge in [-0.2, -0.15) is 0 Å². The first-order valence-electron chi connectivity index (χ1n) is 10.0. The van der Waals surface area contributed by atoms with Crippen LogP contribution in [0.4, 0.5) is 5.69 Å². The number of aliphatic hydroxyl groups is 1. The largest absolute Gasteiger partial charge is 0.497 e. The molecule has 0 heterocycles. The maximum atomic E-state index is 12.6. The van der Waals surface area contributed by atoms with Crippen molar-refractivity contribution in [3.8, 4) is 16.9 Å². The standard InChI is InChI=1S/C25H28N2O3/c1-27(24(18-28)20-12-14-21(30-2)15-13-20)17-16-25(29)26-23-11-7-6-10-22(23)19-8-4-3-5-9-19/h3-15,24,28H,16-18H2,1-2H3,(H,26,29). The van der Waals surface area contributed by atoms with E-state index >= 15 is 0 Å². The van der Waals surface area contributed by atoms with E-state index < -0.39 is 0 Å². The smallest absolute Gasteiger partial charge is 0.225 e. The Balaban J connectivity index is 1.61. The van der Waals surface area contributed by atoms with Gasteiger partial charge in [-0.15, -0.1) is 0 Å². The Labute approximate surface area is 177 Å². The number of nitrogens with zero attached hydrogens (tertiary/aromatic N) is 1. The normalized spacial score (nSPS) is 11.9. The van der Waals surface area contributed by atoms with Crippen LogP contribution in [0.15, 0.2) is 78.9 Å². The fourth-order valence-electron chi connectivity index (χ4n) is 3.43. The Kier molecular flexibility index (Phi) is 7.60. The summed E-state index contributed by atoms with van der Waals surface area (Å²) in [5, 5.41) is 12.9. The number of para-hydroxylation sites is 1. The van der Waals surface area contributed by atoms with Crippen molar-refractivity contribution in [1.82, 2.24) is 4.90 Å². The van der Waals surface area contributed by atoms with Crippen LogP contribution < -0.4 is 10.1 Å². The number of nitrogens with one attached hydrogen (secondary N) is 1. The van der Waals surface area contributed by atoms with Crippen molar-refractivity contribution >= 4 is 11.6 Å². The van der Waals surface area contributed by atoms with Gasteiger partial charge < -0.3 is 15.2 Å². The summed E-state index contributed by atoms with van der Waals surface area (Å²) in [4.78, 5) is 14.6. The Bertz CT molecular complexity index is 942. The molecule has 0 spiro atoms. The molecule has 0 saturated carbocycles. The van der Waals surface area contributed by atoms with Gasteiger partial charge in [0.05, 0.1) is 19.8 Å². The molecular formula is C25H28N2O3. The minimum Gasteiger partial charge on any atom is -0.497 e. The summed E-state index contributed by atoms with van der Waals surface area (Å²) in [5.41, 5.74) is 3.83. The van der Waals surface area contributed by atoms with Gasteiger partial charge in [0.2, 0.25) is 5.91 Å². The Morgan fingerprint density at radius 2 is 1.67 bits per heavy atom. The van der Waals surface area contributed by atoms with Crippen molar-refractivity contribution in [2.24, 2.45) is 0 Å². The van der Waals surface area contributed by atoms with Gasteiger partial charge in [-0.1, -0.05) is 60.7 Å². The number of hydrogen-bond acceptors (Lipinski definition) is 4. The minimum absolute atomic E-state index is 0.0265. The number of rotatable bonds is 9. The van der Waals surface area contributed by atoms with Gasteiger partial charge in [0.25, 0.3) is 0 Å². The molecule has 5 nitrogen and oxygen atoms in total. The zero-order chi connectivity index (χ0) is 21.3. The second-order valence-electron chi connectivity index (χ2n) is 7.16. The van der Waals surface area contributed by atoms with Crippen molar-refractivity contribution in [1.29, 1.82) is 0 Å². The summed E-state index contributed by atoms with van der Waals surface area (Å²) < 4.78 is 5.19. The van der Waals surface area contributed by atoms with Gasteiger partial charge >= 0.3 is 0 Å². The molecule has 0 aliphatic rings. The summed E-state index contributed by atoms with van der Waals surface area (Å²) in [6.07, 6.45) is 0.326. The van der Waals surface area contributed by atoms with E-state index in [9.17, 15) is 9.90 Å². The molecule has 156 valence electrons. The minimum atomic E-state index is -0.180. The van der Waals surface area contributed by atoms with Crippen LogP contribution in [0.2, 0.25) is 0 Å². The number of anilines is 1. The molecule has 0 saturated heterocycles. The van der Waals surface area contributed by atoms with E-state index in [1.807, 2.05) is 90.8 Å². The van der Waals surface area contributed by atoms with Crippen molar-refractivity contribution in [3.05, 3.63) is 84.4 Å². The first kappa shape index (κ1) is 21.6. The molecule has 3 aromatic carbocycles. The number of amides is 1. The average Bonchev–Trinajstić information content (AvgIpc) is 2.79. The third-order valence-electron chi connectivity index (χ3n) is 5.18. The number of carbonyl (C=O) groups is 1. The van der Waals surface area contributed by atoms with Crippen LogP contribution in [0, 0.1) is 0 Å². The maximum Gasteiger partial charge on any atom is 0.225 e. The molecule has 3 aromatic rings. The predicted molar refractivity (Wildman–Crippen MR) is 121 cm³/mol. The first-order chi connectivity index (χ1) is 14.6. The van der Waals surface area contributed by atoms with E-state index in [0.717, 1.165) is 28.1 Å². The van der Waals surface area contributed by atoms with Crippen molar-refractivity contribution < 1.29 is 14.6 Å². The van der Waals surface area contributed by atoms with Crippen LogP contribution in [0.3, 0.4) is 0 Å². The molecule has 5 heteroatoms. The number of hydrogen-bond donors (Lipinski definition) is 2. The van der Waals surface area contributed by atoms with E-state index in [4.69, 9.17) is 4.74 Å². The molecule has 0 aliphatic heterocycles. The zero-order valence-corrected chi connectivity index (χ0v) is 17.4. The van der Waals surface area contributed by atoms with Gasteiger partial charge in [-0.25, -0.2) is 0 Å². The lowest BCUT2D eigenvalue weighted by molar-refractivity contribution is -0.116. The third-order valence-corrected chi connectivity index (χ3v) is 5.18. The molecule has 0 radical (unpaired) electrons. The number of ether oxygens (including phenoxy) is 1. The van der Waals surface area contributed by atoms with Crippen molar-refractivity contribution in [2.45, 2.75) is 12.5 Å². The topological polar surface area (TPSA) is 61.8 Å². The van der Waals surface area contributed by atoms with E-state index in [1.54, 1.807) is 7.11 Å².